The summed E-state index contributed by atoms with van der Waals surface area (Å²) in [7, 11) is -8.54. The van der Waals surface area contributed by atoms with Gasteiger partial charge in [0.25, 0.3) is 0 Å². The normalized spacial score (nSPS) is 12.3. The first kappa shape index (κ1) is 18.0. The maximum Gasteiger partial charge on any atom is 0.239 e. The first-order valence-electron chi connectivity index (χ1n) is 6.08. The number of primary sulfonamides is 1. The Hall–Kier alpha value is -1.32. The maximum absolute atomic E-state index is 12.8. The monoisotopic (exact) mass is 394 g/mol. The van der Waals surface area contributed by atoms with Crippen molar-refractivity contribution in [1.29, 1.82) is 0 Å². The molecule has 2 aromatic rings. The highest BCUT2D eigenvalue weighted by Gasteiger charge is 2.29. The second kappa shape index (κ2) is 5.95. The summed E-state index contributed by atoms with van der Waals surface area (Å²) in [5.41, 5.74) is 5.87. The van der Waals surface area contributed by atoms with Crippen LogP contribution >= 0.6 is 23.2 Å². The molecular weight excluding hydrogens is 383 g/mol. The summed E-state index contributed by atoms with van der Waals surface area (Å²) in [5.74, 6) is 0. The number of benzene rings is 2. The van der Waals surface area contributed by atoms with Gasteiger partial charge in [0, 0.05) is 0 Å². The summed E-state index contributed by atoms with van der Waals surface area (Å²) in [4.78, 5) is -1.30. The molecule has 0 saturated carbocycles. The van der Waals surface area contributed by atoms with Crippen LogP contribution < -0.4 is 10.9 Å². The largest absolute Gasteiger partial charge is 0.397 e. The molecule has 10 heteroatoms. The molecule has 6 nitrogen and oxygen atoms in total. The molecule has 0 heterocycles. The first-order chi connectivity index (χ1) is 10.5. The third kappa shape index (κ3) is 3.31. The van der Waals surface area contributed by atoms with E-state index in [-0.39, 0.29) is 26.2 Å². The van der Waals surface area contributed by atoms with Crippen molar-refractivity contribution in [3.05, 3.63) is 45.9 Å². The van der Waals surface area contributed by atoms with Crippen molar-refractivity contribution in [3.63, 3.8) is 0 Å². The number of nitrogens with two attached hydrogens (primary N) is 2. The van der Waals surface area contributed by atoms with Crippen LogP contribution in [0.1, 0.15) is 5.56 Å². The molecule has 0 atom stereocenters. The van der Waals surface area contributed by atoms with Crippen molar-refractivity contribution in [2.24, 2.45) is 5.14 Å². The van der Waals surface area contributed by atoms with E-state index in [1.165, 1.54) is 25.1 Å². The van der Waals surface area contributed by atoms with E-state index in [9.17, 15) is 16.8 Å². The number of anilines is 1. The van der Waals surface area contributed by atoms with Gasteiger partial charge < -0.3 is 5.73 Å². The van der Waals surface area contributed by atoms with Gasteiger partial charge in [-0.1, -0.05) is 35.3 Å². The SMILES string of the molecule is Cc1cccc(S(=O)(=O)c2cc(Cl)c(N)cc2Cl)c1S(N)(=O)=O. The van der Waals surface area contributed by atoms with Crippen LogP contribution in [0.15, 0.2) is 45.0 Å². The number of rotatable bonds is 3. The van der Waals surface area contributed by atoms with Gasteiger partial charge in [-0.15, -0.1) is 0 Å². The molecule has 0 aliphatic heterocycles. The lowest BCUT2D eigenvalue weighted by atomic mass is 10.2. The number of sulfonamides is 1. The summed E-state index contributed by atoms with van der Waals surface area (Å²) in [6.07, 6.45) is 0. The van der Waals surface area contributed by atoms with Crippen molar-refractivity contribution in [1.82, 2.24) is 0 Å². The van der Waals surface area contributed by atoms with E-state index >= 15 is 0 Å². The minimum atomic E-state index is -4.28. The van der Waals surface area contributed by atoms with Gasteiger partial charge in [-0.05, 0) is 30.7 Å². The van der Waals surface area contributed by atoms with Gasteiger partial charge in [0.05, 0.1) is 25.5 Å². The molecule has 0 aliphatic carbocycles. The Bertz CT molecular complexity index is 1000. The summed E-state index contributed by atoms with van der Waals surface area (Å²) in [6.45, 7) is 1.44. The molecule has 0 bridgehead atoms. The van der Waals surface area contributed by atoms with Crippen LogP contribution in [0, 0.1) is 6.92 Å². The number of hydrogen-bond donors (Lipinski definition) is 2. The van der Waals surface area contributed by atoms with Crippen molar-refractivity contribution in [2.45, 2.75) is 21.6 Å². The Balaban J connectivity index is 2.87. The summed E-state index contributed by atoms with van der Waals surface area (Å²) < 4.78 is 49.3. The number of hydrogen-bond acceptors (Lipinski definition) is 5. The second-order valence-electron chi connectivity index (χ2n) is 4.75. The van der Waals surface area contributed by atoms with Gasteiger partial charge >= 0.3 is 0 Å². The highest BCUT2D eigenvalue weighted by atomic mass is 35.5. The van der Waals surface area contributed by atoms with Gasteiger partial charge in [-0.25, -0.2) is 22.0 Å². The van der Waals surface area contributed by atoms with Crippen molar-refractivity contribution in [2.75, 3.05) is 5.73 Å². The Morgan fingerprint density at radius 3 is 2.13 bits per heavy atom. The highest BCUT2D eigenvalue weighted by molar-refractivity contribution is 7.93. The number of sulfone groups is 1. The van der Waals surface area contributed by atoms with Gasteiger partial charge in [-0.3, -0.25) is 0 Å². The average molecular weight is 395 g/mol. The van der Waals surface area contributed by atoms with Crippen LogP contribution in [0.25, 0.3) is 0 Å². The van der Waals surface area contributed by atoms with Crippen LogP contribution in [0.4, 0.5) is 5.69 Å². The Morgan fingerprint density at radius 2 is 1.57 bits per heavy atom. The fourth-order valence-corrected chi connectivity index (χ4v) is 5.81. The van der Waals surface area contributed by atoms with E-state index in [4.69, 9.17) is 34.1 Å². The number of halogens is 2. The van der Waals surface area contributed by atoms with Crippen LogP contribution in [0.2, 0.25) is 10.0 Å². The molecule has 0 amide bonds. The van der Waals surface area contributed by atoms with Gasteiger partial charge in [0.2, 0.25) is 19.9 Å². The van der Waals surface area contributed by atoms with Crippen molar-refractivity contribution < 1.29 is 16.8 Å². The summed E-state index contributed by atoms with van der Waals surface area (Å²) >= 11 is 11.8. The Morgan fingerprint density at radius 1 is 0.957 bits per heavy atom. The zero-order valence-corrected chi connectivity index (χ0v) is 14.9. The minimum Gasteiger partial charge on any atom is -0.397 e. The van der Waals surface area contributed by atoms with E-state index in [1.807, 2.05) is 0 Å². The predicted octanol–water partition coefficient (Wildman–Crippen LogP) is 2.36. The molecule has 124 valence electrons. The number of aryl methyl sites for hydroxylation is 1. The van der Waals surface area contributed by atoms with Crippen LogP contribution in [0.3, 0.4) is 0 Å². The van der Waals surface area contributed by atoms with Crippen LogP contribution in [0.5, 0.6) is 0 Å². The third-order valence-corrected chi connectivity index (χ3v) is 6.92. The lowest BCUT2D eigenvalue weighted by Crippen LogP contribution is -2.18. The lowest BCUT2D eigenvalue weighted by molar-refractivity contribution is 0.582. The molecule has 2 rings (SSSR count). The summed E-state index contributed by atoms with van der Waals surface area (Å²) in [6, 6.07) is 6.25. The zero-order chi connectivity index (χ0) is 17.6. The topological polar surface area (TPSA) is 120 Å². The quantitative estimate of drug-likeness (QED) is 0.773. The molecule has 0 spiro atoms. The molecule has 4 N–H and O–H groups in total. The first-order valence-corrected chi connectivity index (χ1v) is 9.87. The smallest absolute Gasteiger partial charge is 0.239 e. The molecule has 0 aliphatic rings. The molecule has 0 saturated heterocycles. The highest BCUT2D eigenvalue weighted by Crippen LogP contribution is 2.36. The van der Waals surface area contributed by atoms with Gasteiger partial charge in [0.1, 0.15) is 4.90 Å². The predicted molar refractivity (Wildman–Crippen MR) is 88.9 cm³/mol. The lowest BCUT2D eigenvalue weighted by Gasteiger charge is -2.13. The Kier molecular flexibility index (Phi) is 4.67. The number of nitrogen functional groups attached to an aromatic ring is 1. The fourth-order valence-electron chi connectivity index (χ4n) is 2.07. The molecule has 2 aromatic carbocycles. The van der Waals surface area contributed by atoms with E-state index < -0.39 is 29.7 Å². The van der Waals surface area contributed by atoms with Crippen molar-refractivity contribution in [3.8, 4) is 0 Å². The van der Waals surface area contributed by atoms with E-state index in [1.54, 1.807) is 0 Å². The minimum absolute atomic E-state index is 0.0159. The van der Waals surface area contributed by atoms with E-state index in [0.717, 1.165) is 12.1 Å². The maximum atomic E-state index is 12.8. The Labute approximate surface area is 144 Å². The van der Waals surface area contributed by atoms with E-state index in [2.05, 4.69) is 0 Å². The molecule has 23 heavy (non-hydrogen) atoms. The third-order valence-electron chi connectivity index (χ3n) is 3.09. The van der Waals surface area contributed by atoms with Gasteiger partial charge in [-0.2, -0.15) is 0 Å². The molecular formula is C13H12Cl2N2O4S2. The molecule has 0 unspecified atom stereocenters. The average Bonchev–Trinajstić information content (AvgIpc) is 2.41. The molecule has 0 radical (unpaired) electrons. The summed E-state index contributed by atoms with van der Waals surface area (Å²) in [5, 5.41) is 4.97. The van der Waals surface area contributed by atoms with Crippen LogP contribution in [-0.2, 0) is 19.9 Å². The molecule has 0 aromatic heterocycles. The zero-order valence-electron chi connectivity index (χ0n) is 11.7. The van der Waals surface area contributed by atoms with Crippen molar-refractivity contribution >= 4 is 48.7 Å². The molecule has 0 fully saturated rings. The second-order valence-corrected chi connectivity index (χ2v) is 8.95. The fraction of sp³-hybridized carbons (Fsp3) is 0.0769. The van der Waals surface area contributed by atoms with Gasteiger partial charge in [0.15, 0.2) is 0 Å². The van der Waals surface area contributed by atoms with Crippen LogP contribution in [-0.4, -0.2) is 16.8 Å². The van der Waals surface area contributed by atoms with E-state index in [0.29, 0.717) is 0 Å². The standard InChI is InChI=1S/C13H12Cl2N2O4S2/c1-7-3-2-4-11(13(7)23(17,20)21)22(18,19)12-6-8(14)10(16)5-9(12)15/h2-6H,16H2,1H3,(H2,17,20,21).